The molecule has 0 bridgehead atoms. The molecular formula is C13H13N3O4S. The third kappa shape index (κ3) is 3.18. The van der Waals surface area contributed by atoms with Gasteiger partial charge in [-0.3, -0.25) is 0 Å². The first-order chi connectivity index (χ1) is 10.4. The summed E-state index contributed by atoms with van der Waals surface area (Å²) in [5, 5.41) is 4.47. The molecule has 0 atom stereocenters. The number of oxime groups is 1. The summed E-state index contributed by atoms with van der Waals surface area (Å²) in [6.07, 6.45) is 0.875. The average molecular weight is 307 g/mol. The summed E-state index contributed by atoms with van der Waals surface area (Å²) in [7, 11) is 1.48. The fourth-order valence-electron chi connectivity index (χ4n) is 1.90. The van der Waals surface area contributed by atoms with Crippen molar-refractivity contribution in [2.24, 2.45) is 5.16 Å². The highest BCUT2D eigenvalue weighted by Gasteiger charge is 2.27. The minimum atomic E-state index is -0.566. The van der Waals surface area contributed by atoms with Gasteiger partial charge in [-0.1, -0.05) is 17.3 Å². The number of para-hydroxylation sites is 1. The van der Waals surface area contributed by atoms with Crippen LogP contribution in [-0.2, 0) is 14.3 Å². The van der Waals surface area contributed by atoms with Crippen LogP contribution in [0, 0.1) is 0 Å². The summed E-state index contributed by atoms with van der Waals surface area (Å²) in [5.74, 6) is 0.587. The Labute approximate surface area is 125 Å². The van der Waals surface area contributed by atoms with Crippen molar-refractivity contribution in [3.05, 3.63) is 36.2 Å². The number of ether oxygens (including phenoxy) is 3. The molecule has 110 valence electrons. The zero-order valence-electron chi connectivity index (χ0n) is 11.3. The Hall–Kier alpha value is -2.03. The van der Waals surface area contributed by atoms with Crippen LogP contribution in [0.15, 0.2) is 35.7 Å². The van der Waals surface area contributed by atoms with E-state index in [2.05, 4.69) is 14.5 Å². The van der Waals surface area contributed by atoms with Gasteiger partial charge < -0.3 is 19.0 Å². The molecule has 8 heteroatoms. The lowest BCUT2D eigenvalue weighted by molar-refractivity contribution is 0.0120. The highest BCUT2D eigenvalue weighted by Crippen LogP contribution is 2.28. The highest BCUT2D eigenvalue weighted by atomic mass is 32.1. The van der Waals surface area contributed by atoms with Gasteiger partial charge in [0.25, 0.3) is 5.19 Å². The van der Waals surface area contributed by atoms with Crippen molar-refractivity contribution in [2.75, 3.05) is 20.3 Å². The van der Waals surface area contributed by atoms with Crippen LogP contribution in [0.25, 0.3) is 0 Å². The van der Waals surface area contributed by atoms with Gasteiger partial charge in [-0.15, -0.1) is 0 Å². The van der Waals surface area contributed by atoms with E-state index in [0.717, 1.165) is 5.56 Å². The van der Waals surface area contributed by atoms with E-state index < -0.39 is 6.29 Å². The number of rotatable bonds is 5. The second-order valence-corrected chi connectivity index (χ2v) is 4.78. The van der Waals surface area contributed by atoms with Crippen LogP contribution < -0.4 is 4.74 Å². The molecule has 3 rings (SSSR count). The number of hydrogen-bond acceptors (Lipinski definition) is 8. The van der Waals surface area contributed by atoms with Crippen molar-refractivity contribution in [3.8, 4) is 10.9 Å². The zero-order chi connectivity index (χ0) is 14.5. The molecule has 1 aliphatic rings. The van der Waals surface area contributed by atoms with Crippen LogP contribution >= 0.6 is 11.5 Å². The maximum absolute atomic E-state index is 5.73. The highest BCUT2D eigenvalue weighted by molar-refractivity contribution is 7.07. The smallest absolute Gasteiger partial charge is 0.298 e. The molecule has 7 nitrogen and oxygen atoms in total. The van der Waals surface area contributed by atoms with E-state index in [4.69, 9.17) is 19.0 Å². The maximum Gasteiger partial charge on any atom is 0.298 e. The van der Waals surface area contributed by atoms with E-state index in [-0.39, 0.29) is 0 Å². The summed E-state index contributed by atoms with van der Waals surface area (Å²) < 4.78 is 20.6. The van der Waals surface area contributed by atoms with E-state index >= 15 is 0 Å². The molecular weight excluding hydrogens is 294 g/mol. The summed E-state index contributed by atoms with van der Waals surface area (Å²) in [6, 6.07) is 7.42. The predicted octanol–water partition coefficient (Wildman–Crippen LogP) is 2.05. The Morgan fingerprint density at radius 1 is 1.33 bits per heavy atom. The number of aromatic nitrogens is 2. The summed E-state index contributed by atoms with van der Waals surface area (Å²) in [5.41, 5.74) is 1.25. The Balaban J connectivity index is 1.93. The fraction of sp³-hybridized carbons (Fsp3) is 0.308. The standard InChI is InChI=1S/C13H13N3O4S/c1-17-16-11(12-18-6-7-19-12)9-4-2-3-5-10(9)20-13-14-8-15-21-13/h2-5,8,12H,6-7H2,1H3/b16-11+. The molecule has 1 saturated heterocycles. The van der Waals surface area contributed by atoms with E-state index in [9.17, 15) is 0 Å². The van der Waals surface area contributed by atoms with Crippen molar-refractivity contribution < 1.29 is 19.0 Å². The molecule has 2 heterocycles. The summed E-state index contributed by atoms with van der Waals surface area (Å²) >= 11 is 1.17. The van der Waals surface area contributed by atoms with Gasteiger partial charge in [0.1, 0.15) is 24.9 Å². The topological polar surface area (TPSA) is 75.1 Å². The maximum atomic E-state index is 5.73. The van der Waals surface area contributed by atoms with Crippen LogP contribution in [0.3, 0.4) is 0 Å². The average Bonchev–Trinajstić information content (AvgIpc) is 3.19. The molecule has 21 heavy (non-hydrogen) atoms. The molecule has 0 aliphatic carbocycles. The molecule has 0 amide bonds. The minimum absolute atomic E-state index is 0.451. The SMILES string of the molecule is CO/N=C(\c1ccccc1Oc1ncns1)C1OCCO1. The van der Waals surface area contributed by atoms with Gasteiger partial charge in [0, 0.05) is 17.1 Å². The van der Waals surface area contributed by atoms with Gasteiger partial charge in [0.15, 0.2) is 0 Å². The first-order valence-electron chi connectivity index (χ1n) is 6.26. The van der Waals surface area contributed by atoms with Crippen LogP contribution in [0.1, 0.15) is 5.56 Å². The molecule has 0 spiro atoms. The predicted molar refractivity (Wildman–Crippen MR) is 75.7 cm³/mol. The Bertz CT molecular complexity index is 612. The molecule has 0 unspecified atom stereocenters. The molecule has 2 aromatic rings. The lowest BCUT2D eigenvalue weighted by Crippen LogP contribution is -2.23. The van der Waals surface area contributed by atoms with Crippen LogP contribution in [0.5, 0.6) is 10.9 Å². The monoisotopic (exact) mass is 307 g/mol. The lowest BCUT2D eigenvalue weighted by atomic mass is 10.1. The molecule has 0 N–H and O–H groups in total. The van der Waals surface area contributed by atoms with Crippen molar-refractivity contribution in [1.82, 2.24) is 9.36 Å². The summed E-state index contributed by atoms with van der Waals surface area (Å²) in [6.45, 7) is 1.04. The normalized spacial score (nSPS) is 16.1. The second-order valence-electron chi connectivity index (χ2n) is 4.04. The number of benzene rings is 1. The van der Waals surface area contributed by atoms with Gasteiger partial charge in [0.05, 0.1) is 13.2 Å². The lowest BCUT2D eigenvalue weighted by Gasteiger charge is -2.14. The molecule has 1 fully saturated rings. The van der Waals surface area contributed by atoms with Crippen LogP contribution in [0.2, 0.25) is 0 Å². The molecule has 1 aliphatic heterocycles. The Kier molecular flexibility index (Phi) is 4.39. The van der Waals surface area contributed by atoms with Crippen molar-refractivity contribution in [3.63, 3.8) is 0 Å². The number of hydrogen-bond donors (Lipinski definition) is 0. The van der Waals surface area contributed by atoms with Gasteiger partial charge in [-0.2, -0.15) is 9.36 Å². The van der Waals surface area contributed by atoms with E-state index in [1.165, 1.54) is 25.0 Å². The second kappa shape index (κ2) is 6.61. The fourth-order valence-corrected chi connectivity index (χ4v) is 2.31. The third-order valence-electron chi connectivity index (χ3n) is 2.74. The van der Waals surface area contributed by atoms with Crippen LogP contribution in [-0.4, -0.2) is 41.7 Å². The first kappa shape index (κ1) is 13.9. The van der Waals surface area contributed by atoms with E-state index in [1.54, 1.807) is 0 Å². The van der Waals surface area contributed by atoms with Gasteiger partial charge >= 0.3 is 0 Å². The first-order valence-corrected chi connectivity index (χ1v) is 7.04. The Morgan fingerprint density at radius 3 is 2.86 bits per heavy atom. The largest absolute Gasteiger partial charge is 0.429 e. The summed E-state index contributed by atoms with van der Waals surface area (Å²) in [4.78, 5) is 8.92. The molecule has 1 aromatic carbocycles. The Morgan fingerprint density at radius 2 is 2.14 bits per heavy atom. The molecule has 0 radical (unpaired) electrons. The number of nitrogens with zero attached hydrogens (tertiary/aromatic N) is 3. The van der Waals surface area contributed by atoms with Gasteiger partial charge in [0.2, 0.25) is 6.29 Å². The van der Waals surface area contributed by atoms with Crippen molar-refractivity contribution >= 4 is 17.2 Å². The van der Waals surface area contributed by atoms with Crippen molar-refractivity contribution in [2.45, 2.75) is 6.29 Å². The zero-order valence-corrected chi connectivity index (χ0v) is 12.1. The van der Waals surface area contributed by atoms with Gasteiger partial charge in [-0.05, 0) is 12.1 Å². The van der Waals surface area contributed by atoms with E-state index in [1.807, 2.05) is 24.3 Å². The quantitative estimate of drug-likeness (QED) is 0.621. The van der Waals surface area contributed by atoms with Gasteiger partial charge in [-0.25, -0.2) is 0 Å². The van der Waals surface area contributed by atoms with Crippen LogP contribution in [0.4, 0.5) is 0 Å². The minimum Gasteiger partial charge on any atom is -0.429 e. The van der Waals surface area contributed by atoms with Crippen molar-refractivity contribution in [1.29, 1.82) is 0 Å². The molecule has 1 aromatic heterocycles. The third-order valence-corrected chi connectivity index (χ3v) is 3.28. The molecule has 0 saturated carbocycles. The van der Waals surface area contributed by atoms with E-state index in [0.29, 0.717) is 29.9 Å².